The molecule has 2 nitrogen and oxygen atoms in total. The number of rotatable bonds is 5. The topological polar surface area (TPSA) is 24.9 Å². The van der Waals surface area contributed by atoms with E-state index >= 15 is 0 Å². The minimum absolute atomic E-state index is 0.140. The molecule has 1 N–H and O–H groups in total. The monoisotopic (exact) mass is 284 g/mol. The summed E-state index contributed by atoms with van der Waals surface area (Å²) in [7, 11) is 0. The van der Waals surface area contributed by atoms with Crippen LogP contribution in [0.1, 0.15) is 30.0 Å². The Kier molecular flexibility index (Phi) is 4.69. The minimum Gasteiger partial charge on any atom is -0.304 e. The molecule has 0 saturated heterocycles. The molecule has 96 valence electrons. The zero-order valence-electron chi connectivity index (χ0n) is 9.99. The maximum atomic E-state index is 13.6. The van der Waals surface area contributed by atoms with Crippen molar-refractivity contribution in [1.82, 2.24) is 10.3 Å². The summed E-state index contributed by atoms with van der Waals surface area (Å²) in [5, 5.41) is 6.71. The van der Waals surface area contributed by atoms with E-state index < -0.39 is 0 Å². The highest BCUT2D eigenvalue weighted by Gasteiger charge is 2.13. The summed E-state index contributed by atoms with van der Waals surface area (Å²) in [5.74, 6) is -0.274. The van der Waals surface area contributed by atoms with Crippen LogP contribution in [0.2, 0.25) is 5.02 Å². The first-order valence-electron chi connectivity index (χ1n) is 5.78. The lowest BCUT2D eigenvalue weighted by molar-refractivity contribution is 0.502. The van der Waals surface area contributed by atoms with Crippen molar-refractivity contribution in [3.05, 3.63) is 51.2 Å². The Bertz CT molecular complexity index is 481. The molecule has 1 atom stereocenters. The zero-order valence-corrected chi connectivity index (χ0v) is 11.6. The Morgan fingerprint density at radius 3 is 2.94 bits per heavy atom. The van der Waals surface area contributed by atoms with E-state index in [4.69, 9.17) is 11.6 Å². The third kappa shape index (κ3) is 3.07. The summed E-state index contributed by atoms with van der Waals surface area (Å²) in [6.07, 6.45) is 2.68. The molecule has 0 radical (unpaired) electrons. The molecule has 1 heterocycles. The van der Waals surface area contributed by atoms with Gasteiger partial charge in [-0.25, -0.2) is 9.37 Å². The van der Waals surface area contributed by atoms with Crippen LogP contribution in [0, 0.1) is 5.82 Å². The van der Waals surface area contributed by atoms with Crippen LogP contribution >= 0.6 is 22.9 Å². The van der Waals surface area contributed by atoms with Crippen LogP contribution in [-0.2, 0) is 6.54 Å². The van der Waals surface area contributed by atoms with Gasteiger partial charge in [0, 0.05) is 28.7 Å². The predicted octanol–water partition coefficient (Wildman–Crippen LogP) is 4.18. The second-order valence-corrected chi connectivity index (χ2v) is 5.25. The molecule has 1 unspecified atom stereocenters. The highest BCUT2D eigenvalue weighted by Crippen LogP contribution is 2.22. The average Bonchev–Trinajstić information content (AvgIpc) is 2.87. The van der Waals surface area contributed by atoms with E-state index in [1.165, 1.54) is 6.07 Å². The van der Waals surface area contributed by atoms with Crippen LogP contribution in [0.3, 0.4) is 0 Å². The molecular formula is C13H14ClFN2S. The quantitative estimate of drug-likeness (QED) is 0.891. The standard InChI is InChI=1S/C13H14ClFN2S/c1-2-12(13-16-6-7-18-13)17-8-9-10(14)4-3-5-11(9)15/h3-7,12,17H,2,8H2,1H3. The number of halogens is 2. The van der Waals surface area contributed by atoms with Crippen molar-refractivity contribution in [1.29, 1.82) is 0 Å². The first-order chi connectivity index (χ1) is 8.72. The van der Waals surface area contributed by atoms with E-state index in [-0.39, 0.29) is 11.9 Å². The van der Waals surface area contributed by atoms with E-state index in [0.29, 0.717) is 17.1 Å². The Labute approximate surface area is 115 Å². The van der Waals surface area contributed by atoms with Crippen LogP contribution < -0.4 is 5.32 Å². The summed E-state index contributed by atoms with van der Waals surface area (Å²) in [4.78, 5) is 4.27. The fourth-order valence-corrected chi connectivity index (χ4v) is 2.77. The molecule has 0 saturated carbocycles. The number of hydrogen-bond donors (Lipinski definition) is 1. The number of hydrogen-bond acceptors (Lipinski definition) is 3. The van der Waals surface area contributed by atoms with E-state index in [1.807, 2.05) is 5.38 Å². The van der Waals surface area contributed by atoms with Gasteiger partial charge < -0.3 is 5.32 Å². The SMILES string of the molecule is CCC(NCc1c(F)cccc1Cl)c1nccs1. The highest BCUT2D eigenvalue weighted by molar-refractivity contribution is 7.09. The van der Waals surface area contributed by atoms with Crippen molar-refractivity contribution in [3.8, 4) is 0 Å². The van der Waals surface area contributed by atoms with Gasteiger partial charge in [0.2, 0.25) is 0 Å². The van der Waals surface area contributed by atoms with Crippen molar-refractivity contribution in [3.63, 3.8) is 0 Å². The van der Waals surface area contributed by atoms with Crippen LogP contribution in [0.5, 0.6) is 0 Å². The summed E-state index contributed by atoms with van der Waals surface area (Å²) >= 11 is 7.59. The second-order valence-electron chi connectivity index (χ2n) is 3.91. The number of nitrogens with one attached hydrogen (secondary N) is 1. The zero-order chi connectivity index (χ0) is 13.0. The third-order valence-corrected chi connectivity index (χ3v) is 3.99. The van der Waals surface area contributed by atoms with E-state index in [2.05, 4.69) is 17.2 Å². The molecule has 0 aliphatic rings. The Morgan fingerprint density at radius 1 is 1.50 bits per heavy atom. The van der Waals surface area contributed by atoms with Gasteiger partial charge in [0.25, 0.3) is 0 Å². The van der Waals surface area contributed by atoms with Crippen LogP contribution in [0.25, 0.3) is 0 Å². The molecule has 1 aromatic carbocycles. The first-order valence-corrected chi connectivity index (χ1v) is 7.03. The molecule has 5 heteroatoms. The van der Waals surface area contributed by atoms with Gasteiger partial charge in [-0.2, -0.15) is 0 Å². The van der Waals surface area contributed by atoms with Crippen LogP contribution in [0.15, 0.2) is 29.8 Å². The van der Waals surface area contributed by atoms with Gasteiger partial charge in [-0.1, -0.05) is 24.6 Å². The van der Waals surface area contributed by atoms with Gasteiger partial charge in [0.15, 0.2) is 0 Å². The Hall–Kier alpha value is -0.970. The van der Waals surface area contributed by atoms with Crippen molar-refractivity contribution in [2.45, 2.75) is 25.9 Å². The maximum absolute atomic E-state index is 13.6. The fraction of sp³-hybridized carbons (Fsp3) is 0.308. The fourth-order valence-electron chi connectivity index (χ4n) is 1.74. The Morgan fingerprint density at radius 2 is 2.33 bits per heavy atom. The van der Waals surface area contributed by atoms with Crippen molar-refractivity contribution in [2.75, 3.05) is 0 Å². The molecule has 0 fully saturated rings. The molecule has 0 aliphatic carbocycles. The number of thiazole rings is 1. The van der Waals surface area contributed by atoms with Gasteiger partial charge in [-0.3, -0.25) is 0 Å². The summed E-state index contributed by atoms with van der Waals surface area (Å²) < 4.78 is 13.6. The van der Waals surface area contributed by atoms with E-state index in [9.17, 15) is 4.39 Å². The molecular weight excluding hydrogens is 271 g/mol. The van der Waals surface area contributed by atoms with E-state index in [0.717, 1.165) is 11.4 Å². The lowest BCUT2D eigenvalue weighted by Gasteiger charge is -2.15. The van der Waals surface area contributed by atoms with Gasteiger partial charge in [-0.15, -0.1) is 11.3 Å². The van der Waals surface area contributed by atoms with Crippen molar-refractivity contribution in [2.24, 2.45) is 0 Å². The van der Waals surface area contributed by atoms with Crippen LogP contribution in [-0.4, -0.2) is 4.98 Å². The van der Waals surface area contributed by atoms with E-state index in [1.54, 1.807) is 29.7 Å². The lowest BCUT2D eigenvalue weighted by Crippen LogP contribution is -2.21. The summed E-state index contributed by atoms with van der Waals surface area (Å²) in [5.41, 5.74) is 0.508. The minimum atomic E-state index is -0.274. The van der Waals surface area contributed by atoms with Gasteiger partial charge in [0.05, 0.1) is 6.04 Å². The number of benzene rings is 1. The van der Waals surface area contributed by atoms with Crippen molar-refractivity contribution >= 4 is 22.9 Å². The number of aromatic nitrogens is 1. The predicted molar refractivity (Wildman–Crippen MR) is 73.4 cm³/mol. The lowest BCUT2D eigenvalue weighted by atomic mass is 10.1. The van der Waals surface area contributed by atoms with Crippen LogP contribution in [0.4, 0.5) is 4.39 Å². The molecule has 1 aromatic heterocycles. The molecule has 0 aliphatic heterocycles. The molecule has 18 heavy (non-hydrogen) atoms. The average molecular weight is 285 g/mol. The van der Waals surface area contributed by atoms with Gasteiger partial charge >= 0.3 is 0 Å². The molecule has 0 amide bonds. The van der Waals surface area contributed by atoms with Crippen molar-refractivity contribution < 1.29 is 4.39 Å². The normalized spacial score (nSPS) is 12.6. The molecule has 0 bridgehead atoms. The molecule has 0 spiro atoms. The smallest absolute Gasteiger partial charge is 0.129 e. The van der Waals surface area contributed by atoms with Gasteiger partial charge in [-0.05, 0) is 18.6 Å². The molecule has 2 rings (SSSR count). The third-order valence-electron chi connectivity index (χ3n) is 2.74. The first kappa shape index (κ1) is 13.5. The summed E-state index contributed by atoms with van der Waals surface area (Å²) in [6.45, 7) is 2.48. The number of nitrogens with zero attached hydrogens (tertiary/aromatic N) is 1. The highest BCUT2D eigenvalue weighted by atomic mass is 35.5. The van der Waals surface area contributed by atoms with Gasteiger partial charge in [0.1, 0.15) is 10.8 Å². The molecule has 2 aromatic rings. The largest absolute Gasteiger partial charge is 0.304 e. The Balaban J connectivity index is 2.06. The second kappa shape index (κ2) is 6.27. The summed E-state index contributed by atoms with van der Waals surface area (Å²) in [6, 6.07) is 4.87. The maximum Gasteiger partial charge on any atom is 0.129 e.